The Balaban J connectivity index is 1.47. The molecule has 1 spiro atoms. The number of nitrogens with zero attached hydrogens (tertiary/aromatic N) is 4. The Kier molecular flexibility index (Phi) is 5.49. The van der Waals surface area contributed by atoms with E-state index in [1.54, 1.807) is 0 Å². The third kappa shape index (κ3) is 4.14. The second kappa shape index (κ2) is 7.73. The van der Waals surface area contributed by atoms with E-state index >= 15 is 0 Å². The van der Waals surface area contributed by atoms with Gasteiger partial charge in [0.1, 0.15) is 10.8 Å². The summed E-state index contributed by atoms with van der Waals surface area (Å²) in [6.45, 7) is 0.955. The van der Waals surface area contributed by atoms with Gasteiger partial charge in [0.2, 0.25) is 0 Å². The molecule has 1 aliphatic heterocycles. The summed E-state index contributed by atoms with van der Waals surface area (Å²) in [5, 5.41) is 0.133. The minimum absolute atomic E-state index is 0.0103. The molecule has 3 heterocycles. The predicted octanol–water partition coefficient (Wildman–Crippen LogP) is 3.97. The Bertz CT molecular complexity index is 961. The fraction of sp³-hybridized carbons (Fsp3) is 0.526. The number of nitrogens with two attached hydrogens (primary N) is 2. The molecule has 4 N–H and O–H groups in total. The van der Waals surface area contributed by atoms with Crippen LogP contribution in [0.2, 0.25) is 0 Å². The summed E-state index contributed by atoms with van der Waals surface area (Å²) in [5.74, 6) is -2.39. The van der Waals surface area contributed by atoms with E-state index in [1.807, 2.05) is 4.90 Å². The van der Waals surface area contributed by atoms with Crippen molar-refractivity contribution in [2.75, 3.05) is 23.7 Å². The first-order valence-corrected chi connectivity index (χ1v) is 10.5. The number of piperidine rings is 1. The second-order valence-electron chi connectivity index (χ2n) is 7.96. The summed E-state index contributed by atoms with van der Waals surface area (Å²) in [6.07, 6.45) is -0.887. The molecule has 6 nitrogen and oxygen atoms in total. The highest BCUT2D eigenvalue weighted by Gasteiger charge is 2.57. The van der Waals surface area contributed by atoms with Crippen LogP contribution in [-0.4, -0.2) is 40.0 Å². The molecule has 1 saturated heterocycles. The number of hydrogen-bond acceptors (Lipinski definition) is 7. The van der Waals surface area contributed by atoms with Gasteiger partial charge in [-0.25, -0.2) is 18.7 Å². The minimum Gasteiger partial charge on any atom is -0.381 e. The monoisotopic (exact) mass is 460 g/mol. The molecule has 1 saturated carbocycles. The van der Waals surface area contributed by atoms with Gasteiger partial charge in [0.25, 0.3) is 5.92 Å². The molecule has 0 aromatic carbocycles. The molecule has 1 atom stereocenters. The molecule has 0 radical (unpaired) electrons. The van der Waals surface area contributed by atoms with Crippen molar-refractivity contribution in [3.05, 3.63) is 30.2 Å². The predicted molar refractivity (Wildman–Crippen MR) is 106 cm³/mol. The fourth-order valence-corrected chi connectivity index (χ4v) is 5.20. The molecule has 0 bridgehead atoms. The molecule has 168 valence electrons. The number of anilines is 2. The summed E-state index contributed by atoms with van der Waals surface area (Å²) in [7, 11) is 0. The van der Waals surface area contributed by atoms with Crippen LogP contribution in [-0.2, 0) is 6.18 Å². The first-order chi connectivity index (χ1) is 14.5. The Labute approximate surface area is 179 Å². The lowest BCUT2D eigenvalue weighted by atomic mass is 9.74. The minimum atomic E-state index is -4.60. The van der Waals surface area contributed by atoms with E-state index in [1.165, 1.54) is 18.3 Å². The van der Waals surface area contributed by atoms with E-state index in [4.69, 9.17) is 11.5 Å². The van der Waals surface area contributed by atoms with Gasteiger partial charge in [-0.3, -0.25) is 4.98 Å². The number of nitrogen functional groups attached to an aromatic ring is 1. The lowest BCUT2D eigenvalue weighted by Gasteiger charge is -2.42. The lowest BCUT2D eigenvalue weighted by Crippen LogP contribution is -2.52. The molecule has 12 heteroatoms. The van der Waals surface area contributed by atoms with Crippen LogP contribution in [0.25, 0.3) is 0 Å². The summed E-state index contributed by atoms with van der Waals surface area (Å²) in [6, 6.07) is 1.54. The number of pyridine rings is 1. The van der Waals surface area contributed by atoms with Crippen molar-refractivity contribution in [1.82, 2.24) is 15.0 Å². The highest BCUT2D eigenvalue weighted by atomic mass is 32.2. The van der Waals surface area contributed by atoms with Crippen LogP contribution in [0.1, 0.15) is 31.4 Å². The maximum atomic E-state index is 13.9. The van der Waals surface area contributed by atoms with E-state index in [-0.39, 0.29) is 22.2 Å². The van der Waals surface area contributed by atoms with Gasteiger partial charge in [0.05, 0.1) is 12.2 Å². The van der Waals surface area contributed by atoms with Crippen molar-refractivity contribution >= 4 is 23.4 Å². The van der Waals surface area contributed by atoms with Gasteiger partial charge in [-0.2, -0.15) is 13.2 Å². The van der Waals surface area contributed by atoms with Crippen LogP contribution in [0.3, 0.4) is 0 Å². The Morgan fingerprint density at radius 1 is 1.10 bits per heavy atom. The molecule has 2 aromatic rings. The highest BCUT2D eigenvalue weighted by molar-refractivity contribution is 7.99. The van der Waals surface area contributed by atoms with E-state index in [2.05, 4.69) is 15.0 Å². The van der Waals surface area contributed by atoms with Crippen LogP contribution < -0.4 is 16.4 Å². The van der Waals surface area contributed by atoms with Crippen molar-refractivity contribution in [1.29, 1.82) is 0 Å². The molecule has 2 aromatic heterocycles. The van der Waals surface area contributed by atoms with Gasteiger partial charge in [-0.05, 0) is 36.8 Å². The number of halogens is 5. The molecule has 1 aliphatic carbocycles. The third-order valence-corrected chi connectivity index (χ3v) is 7.21. The molecule has 31 heavy (non-hydrogen) atoms. The molecular formula is C19H21F5N6S. The first-order valence-electron chi connectivity index (χ1n) is 9.73. The molecule has 0 unspecified atom stereocenters. The largest absolute Gasteiger partial charge is 0.434 e. The van der Waals surface area contributed by atoms with Gasteiger partial charge in [-0.15, -0.1) is 0 Å². The first kappa shape index (κ1) is 22.0. The third-order valence-electron chi connectivity index (χ3n) is 6.15. The van der Waals surface area contributed by atoms with Gasteiger partial charge in [0, 0.05) is 30.6 Å². The van der Waals surface area contributed by atoms with Crippen LogP contribution >= 0.6 is 11.8 Å². The zero-order chi connectivity index (χ0) is 22.4. The molecule has 2 aliphatic rings. The van der Waals surface area contributed by atoms with Crippen molar-refractivity contribution in [2.24, 2.45) is 11.1 Å². The van der Waals surface area contributed by atoms with Gasteiger partial charge < -0.3 is 16.4 Å². The van der Waals surface area contributed by atoms with Gasteiger partial charge in [0.15, 0.2) is 11.5 Å². The van der Waals surface area contributed by atoms with Crippen molar-refractivity contribution in [3.8, 4) is 0 Å². The van der Waals surface area contributed by atoms with Crippen molar-refractivity contribution in [3.63, 3.8) is 0 Å². The number of rotatable bonds is 3. The molecule has 2 fully saturated rings. The van der Waals surface area contributed by atoms with E-state index in [9.17, 15) is 22.0 Å². The van der Waals surface area contributed by atoms with Gasteiger partial charge >= 0.3 is 6.18 Å². The van der Waals surface area contributed by atoms with Crippen molar-refractivity contribution < 1.29 is 22.0 Å². The Morgan fingerprint density at radius 3 is 2.39 bits per heavy atom. The van der Waals surface area contributed by atoms with Crippen LogP contribution in [0.5, 0.6) is 0 Å². The number of alkyl halides is 5. The SMILES string of the molecule is Nc1nc(N2CCC3(CC2)CCC(F)(F)[C@@H]3N)cnc1Sc1cccnc1C(F)(F)F. The summed E-state index contributed by atoms with van der Waals surface area (Å²) in [5.41, 5.74) is 10.2. The topological polar surface area (TPSA) is 94.0 Å². The average Bonchev–Trinajstić information content (AvgIpc) is 2.94. The van der Waals surface area contributed by atoms with Crippen LogP contribution in [0, 0.1) is 5.41 Å². The number of hydrogen-bond donors (Lipinski definition) is 2. The van der Waals surface area contributed by atoms with Gasteiger partial charge in [-0.1, -0.05) is 11.8 Å². The summed E-state index contributed by atoms with van der Waals surface area (Å²) in [4.78, 5) is 13.7. The quantitative estimate of drug-likeness (QED) is 0.670. The Hall–Kier alpha value is -2.21. The molecule has 0 amide bonds. The van der Waals surface area contributed by atoms with E-state index in [0.717, 1.165) is 18.0 Å². The van der Waals surface area contributed by atoms with E-state index in [0.29, 0.717) is 38.2 Å². The standard InChI is InChI=1S/C19H21F5N6S/c20-18(21)4-3-17(16(18)26)5-8-30(9-6-17)12-10-28-15(14(25)29-12)31-11-2-1-7-27-13(11)19(22,23)24/h1-2,7,10,16H,3-6,8-9,26H2,(H2,25,29)/t16-/m1/s1. The second-order valence-corrected chi connectivity index (χ2v) is 8.99. The Morgan fingerprint density at radius 2 is 1.81 bits per heavy atom. The summed E-state index contributed by atoms with van der Waals surface area (Å²) >= 11 is 0.739. The molecule has 4 rings (SSSR count). The maximum absolute atomic E-state index is 13.9. The normalized spacial score (nSPS) is 22.8. The van der Waals surface area contributed by atoms with Crippen LogP contribution in [0.15, 0.2) is 34.4 Å². The number of aromatic nitrogens is 3. The molecular weight excluding hydrogens is 439 g/mol. The fourth-order valence-electron chi connectivity index (χ4n) is 4.32. The average molecular weight is 460 g/mol. The zero-order valence-corrected chi connectivity index (χ0v) is 17.2. The highest BCUT2D eigenvalue weighted by Crippen LogP contribution is 2.52. The zero-order valence-electron chi connectivity index (χ0n) is 16.4. The lowest BCUT2D eigenvalue weighted by molar-refractivity contribution is -0.143. The maximum Gasteiger partial charge on any atom is 0.434 e. The van der Waals surface area contributed by atoms with E-state index < -0.39 is 29.2 Å². The smallest absolute Gasteiger partial charge is 0.381 e. The van der Waals surface area contributed by atoms with Crippen LogP contribution in [0.4, 0.5) is 33.6 Å². The van der Waals surface area contributed by atoms with Crippen molar-refractivity contribution in [2.45, 2.75) is 53.7 Å². The summed E-state index contributed by atoms with van der Waals surface area (Å²) < 4.78 is 67.3.